The Kier molecular flexibility index (Phi) is 6.72. The highest BCUT2D eigenvalue weighted by molar-refractivity contribution is 7.26. The monoisotopic (exact) mass is 591 g/mol. The summed E-state index contributed by atoms with van der Waals surface area (Å²) < 4.78 is 2.62. The summed E-state index contributed by atoms with van der Waals surface area (Å²) in [7, 11) is 0. The second-order valence-electron chi connectivity index (χ2n) is 10.9. The van der Waals surface area contributed by atoms with Crippen molar-refractivity contribution in [2.45, 2.75) is 0 Å². The van der Waals surface area contributed by atoms with Crippen molar-refractivity contribution in [3.05, 3.63) is 157 Å². The average molecular weight is 592 g/mol. The van der Waals surface area contributed by atoms with Crippen LogP contribution in [0, 0.1) is 11.3 Å². The Bertz CT molecular complexity index is 2310. The Morgan fingerprint density at radius 2 is 1.02 bits per heavy atom. The minimum Gasteiger partial charge on any atom is -0.227 e. The van der Waals surface area contributed by atoms with Crippen LogP contribution in [-0.4, -0.2) is 9.97 Å². The van der Waals surface area contributed by atoms with Crippen LogP contribution in [0.3, 0.4) is 0 Å². The third-order valence-electron chi connectivity index (χ3n) is 8.17. The lowest BCUT2D eigenvalue weighted by atomic mass is 9.97. The first-order chi connectivity index (χ1) is 22.3. The molecule has 0 aliphatic carbocycles. The molecule has 0 saturated heterocycles. The molecular weight excluding hydrogens is 567 g/mol. The van der Waals surface area contributed by atoms with E-state index in [9.17, 15) is 5.26 Å². The van der Waals surface area contributed by atoms with Crippen molar-refractivity contribution in [1.29, 1.82) is 5.26 Å². The van der Waals surface area contributed by atoms with Gasteiger partial charge in [-0.2, -0.15) is 5.26 Å². The van der Waals surface area contributed by atoms with Gasteiger partial charge >= 0.3 is 0 Å². The summed E-state index contributed by atoms with van der Waals surface area (Å²) in [5.41, 5.74) is 9.04. The van der Waals surface area contributed by atoms with Gasteiger partial charge in [-0.1, -0.05) is 140 Å². The van der Waals surface area contributed by atoms with Crippen LogP contribution in [0.5, 0.6) is 0 Å². The molecule has 210 valence electrons. The number of rotatable bonds is 5. The molecule has 6 aromatic carbocycles. The van der Waals surface area contributed by atoms with E-state index in [1.54, 1.807) is 0 Å². The van der Waals surface area contributed by atoms with Gasteiger partial charge in [0.25, 0.3) is 0 Å². The molecule has 0 spiro atoms. The van der Waals surface area contributed by atoms with E-state index in [1.807, 2.05) is 84.1 Å². The molecule has 4 heteroatoms. The highest BCUT2D eigenvalue weighted by atomic mass is 32.1. The van der Waals surface area contributed by atoms with E-state index >= 15 is 0 Å². The predicted molar refractivity (Wildman–Crippen MR) is 187 cm³/mol. The molecule has 0 bridgehead atoms. The fraction of sp³-hybridized carbons (Fsp3) is 0. The highest BCUT2D eigenvalue weighted by Crippen LogP contribution is 2.40. The summed E-state index contributed by atoms with van der Waals surface area (Å²) in [5.74, 6) is 0.585. The average Bonchev–Trinajstić information content (AvgIpc) is 3.51. The third-order valence-corrected chi connectivity index (χ3v) is 9.39. The molecule has 0 aliphatic heterocycles. The second-order valence-corrected chi connectivity index (χ2v) is 12.0. The van der Waals surface area contributed by atoms with Crippen LogP contribution in [0.25, 0.3) is 76.3 Å². The molecule has 0 atom stereocenters. The number of aromatic nitrogens is 2. The van der Waals surface area contributed by atoms with Crippen molar-refractivity contribution in [1.82, 2.24) is 9.97 Å². The Labute approximate surface area is 265 Å². The van der Waals surface area contributed by atoms with Crippen LogP contribution in [-0.2, 0) is 0 Å². The van der Waals surface area contributed by atoms with Crippen molar-refractivity contribution in [2.24, 2.45) is 0 Å². The van der Waals surface area contributed by atoms with Gasteiger partial charge in [-0.3, -0.25) is 0 Å². The minimum absolute atomic E-state index is 0.469. The van der Waals surface area contributed by atoms with E-state index in [2.05, 4.69) is 84.9 Å². The molecule has 2 heterocycles. The molecule has 3 nitrogen and oxygen atoms in total. The van der Waals surface area contributed by atoms with Gasteiger partial charge in [-0.15, -0.1) is 11.3 Å². The molecule has 0 unspecified atom stereocenters. The fourth-order valence-corrected chi connectivity index (χ4v) is 7.20. The maximum absolute atomic E-state index is 10.2. The van der Waals surface area contributed by atoms with Crippen LogP contribution >= 0.6 is 11.3 Å². The molecule has 0 radical (unpaired) electrons. The maximum Gasteiger partial charge on any atom is 0.160 e. The largest absolute Gasteiger partial charge is 0.227 e. The Morgan fingerprint density at radius 1 is 0.467 bits per heavy atom. The topological polar surface area (TPSA) is 49.6 Å². The molecule has 0 saturated carbocycles. The number of fused-ring (bicyclic) bond motifs is 3. The van der Waals surface area contributed by atoms with E-state index < -0.39 is 0 Å². The lowest BCUT2D eigenvalue weighted by Crippen LogP contribution is -2.01. The quantitative estimate of drug-likeness (QED) is 0.200. The normalized spacial score (nSPS) is 11.1. The Hall–Kier alpha value is -5.89. The van der Waals surface area contributed by atoms with Gasteiger partial charge in [-0.25, -0.2) is 9.97 Å². The third kappa shape index (κ3) is 4.86. The van der Waals surface area contributed by atoms with E-state index in [0.29, 0.717) is 22.8 Å². The maximum atomic E-state index is 10.2. The van der Waals surface area contributed by atoms with E-state index in [4.69, 9.17) is 9.97 Å². The summed E-state index contributed by atoms with van der Waals surface area (Å²) in [6, 6.07) is 54.4. The number of hydrogen-bond acceptors (Lipinski definition) is 4. The standard InChI is InChI=1S/C41H25N3S/c42-26-36-38(29-11-3-1-4-12-29)43-41(44-39(36)30-13-5-2-6-14-30)32-16-9-15-31(25-32)27-21-23-28(24-22-27)33-18-10-19-35-34-17-7-8-20-37(34)45-40(33)35/h1-25H. The van der Waals surface area contributed by atoms with Gasteiger partial charge in [0.1, 0.15) is 11.6 Å². The fourth-order valence-electron chi connectivity index (χ4n) is 5.96. The highest BCUT2D eigenvalue weighted by Gasteiger charge is 2.18. The van der Waals surface area contributed by atoms with Crippen molar-refractivity contribution in [3.8, 4) is 62.2 Å². The van der Waals surface area contributed by atoms with Gasteiger partial charge in [-0.05, 0) is 34.4 Å². The number of benzene rings is 6. The number of nitriles is 1. The molecule has 8 rings (SSSR count). The zero-order chi connectivity index (χ0) is 30.2. The molecule has 0 aliphatic rings. The van der Waals surface area contributed by atoms with Crippen molar-refractivity contribution >= 4 is 31.5 Å². The molecular formula is C41H25N3S. The lowest BCUT2D eigenvalue weighted by Gasteiger charge is -2.13. The summed E-state index contributed by atoms with van der Waals surface area (Å²) in [5, 5.41) is 12.9. The zero-order valence-electron chi connectivity index (χ0n) is 24.2. The van der Waals surface area contributed by atoms with Crippen molar-refractivity contribution in [2.75, 3.05) is 0 Å². The summed E-state index contributed by atoms with van der Waals surface area (Å²) >= 11 is 1.85. The van der Waals surface area contributed by atoms with Crippen LogP contribution in [0.15, 0.2) is 152 Å². The minimum atomic E-state index is 0.469. The lowest BCUT2D eigenvalue weighted by molar-refractivity contribution is 1.17. The number of nitrogens with zero attached hydrogens (tertiary/aromatic N) is 3. The van der Waals surface area contributed by atoms with Crippen LogP contribution in [0.4, 0.5) is 0 Å². The van der Waals surface area contributed by atoms with Gasteiger partial charge in [0.2, 0.25) is 0 Å². The first-order valence-electron chi connectivity index (χ1n) is 14.8. The van der Waals surface area contributed by atoms with Gasteiger partial charge < -0.3 is 0 Å². The molecule has 8 aromatic rings. The van der Waals surface area contributed by atoms with E-state index in [0.717, 1.165) is 27.8 Å². The van der Waals surface area contributed by atoms with Gasteiger partial charge in [0.05, 0.1) is 11.4 Å². The van der Waals surface area contributed by atoms with Crippen molar-refractivity contribution < 1.29 is 0 Å². The SMILES string of the molecule is N#Cc1c(-c2ccccc2)nc(-c2cccc(-c3ccc(-c4cccc5c4sc4ccccc45)cc3)c2)nc1-c1ccccc1. The van der Waals surface area contributed by atoms with E-state index in [1.165, 1.54) is 31.3 Å². The summed E-state index contributed by atoms with van der Waals surface area (Å²) in [4.78, 5) is 9.95. The van der Waals surface area contributed by atoms with Crippen LogP contribution in [0.1, 0.15) is 5.56 Å². The number of thiophene rings is 1. The Morgan fingerprint density at radius 3 is 1.71 bits per heavy atom. The summed E-state index contributed by atoms with van der Waals surface area (Å²) in [6.45, 7) is 0. The first-order valence-corrected chi connectivity index (χ1v) is 15.6. The predicted octanol–water partition coefficient (Wildman–Crippen LogP) is 11.1. The van der Waals surface area contributed by atoms with E-state index in [-0.39, 0.29) is 0 Å². The second kappa shape index (κ2) is 11.3. The zero-order valence-corrected chi connectivity index (χ0v) is 25.0. The Balaban J connectivity index is 1.20. The molecule has 0 amide bonds. The van der Waals surface area contributed by atoms with Gasteiger partial charge in [0.15, 0.2) is 5.82 Å². The molecule has 2 aromatic heterocycles. The van der Waals surface area contributed by atoms with Gasteiger partial charge in [0, 0.05) is 36.9 Å². The first kappa shape index (κ1) is 26.7. The smallest absolute Gasteiger partial charge is 0.160 e. The van der Waals surface area contributed by atoms with Crippen molar-refractivity contribution in [3.63, 3.8) is 0 Å². The molecule has 0 fully saturated rings. The summed E-state index contributed by atoms with van der Waals surface area (Å²) in [6.07, 6.45) is 0. The number of hydrogen-bond donors (Lipinski definition) is 0. The van der Waals surface area contributed by atoms with Crippen LogP contribution in [0.2, 0.25) is 0 Å². The molecule has 0 N–H and O–H groups in total. The van der Waals surface area contributed by atoms with Crippen LogP contribution < -0.4 is 0 Å². The molecule has 45 heavy (non-hydrogen) atoms.